The number of ether oxygens (including phenoxy) is 1. The topological polar surface area (TPSA) is 78.9 Å². The number of amides is 1. The molecule has 6 heteroatoms. The lowest BCUT2D eigenvalue weighted by Gasteiger charge is -2.22. The molecule has 0 aromatic heterocycles. The van der Waals surface area contributed by atoms with Gasteiger partial charge in [0.1, 0.15) is 6.10 Å². The number of hydrogen-bond donors (Lipinski definition) is 2. The average Bonchev–Trinajstić information content (AvgIpc) is 2.95. The van der Waals surface area contributed by atoms with Crippen LogP contribution in [0.25, 0.3) is 0 Å². The Balaban J connectivity index is 1.76. The molecule has 1 fully saturated rings. The standard InChI is InChI=1S/C14H16N2O4/c17-13(18)5-9-7-16(8-10-6-15-14(19)20-10)12-4-2-1-3-11(9)12/h1-4,9-10H,5-8H2,(H,15,19)(H,17,18). The number of benzene rings is 1. The van der Waals surface area contributed by atoms with Crippen LogP contribution in [-0.2, 0) is 9.53 Å². The Morgan fingerprint density at radius 2 is 2.25 bits per heavy atom. The SMILES string of the molecule is O=C(O)CC1CN(CC2CNC(=O)O2)c2ccccc21. The molecule has 1 aromatic carbocycles. The van der Waals surface area contributed by atoms with Crippen LogP contribution in [0.1, 0.15) is 17.9 Å². The van der Waals surface area contributed by atoms with Crippen LogP contribution in [0.2, 0.25) is 0 Å². The summed E-state index contributed by atoms with van der Waals surface area (Å²) in [4.78, 5) is 24.1. The van der Waals surface area contributed by atoms with Crippen LogP contribution in [-0.4, -0.2) is 42.9 Å². The van der Waals surface area contributed by atoms with E-state index in [1.54, 1.807) is 0 Å². The van der Waals surface area contributed by atoms with Crippen molar-refractivity contribution < 1.29 is 19.4 Å². The summed E-state index contributed by atoms with van der Waals surface area (Å²) in [7, 11) is 0. The molecule has 2 aliphatic heterocycles. The zero-order valence-corrected chi connectivity index (χ0v) is 10.9. The summed E-state index contributed by atoms with van der Waals surface area (Å²) in [6.07, 6.45) is -0.445. The second-order valence-corrected chi connectivity index (χ2v) is 5.17. The minimum atomic E-state index is -0.791. The molecule has 1 aromatic rings. The Labute approximate surface area is 116 Å². The second kappa shape index (κ2) is 5.03. The maximum Gasteiger partial charge on any atom is 0.407 e. The van der Waals surface area contributed by atoms with Crippen molar-refractivity contribution in [1.82, 2.24) is 5.32 Å². The molecule has 6 nitrogen and oxygen atoms in total. The number of carbonyl (C=O) groups is 2. The first kappa shape index (κ1) is 12.8. The van der Waals surface area contributed by atoms with Crippen LogP contribution in [0.15, 0.2) is 24.3 Å². The van der Waals surface area contributed by atoms with Gasteiger partial charge in [0.25, 0.3) is 0 Å². The van der Waals surface area contributed by atoms with Crippen molar-refractivity contribution in [3.8, 4) is 0 Å². The molecule has 2 aliphatic rings. The van der Waals surface area contributed by atoms with E-state index in [0.717, 1.165) is 11.3 Å². The fraction of sp³-hybridized carbons (Fsp3) is 0.429. The van der Waals surface area contributed by atoms with E-state index >= 15 is 0 Å². The Morgan fingerprint density at radius 3 is 2.95 bits per heavy atom. The van der Waals surface area contributed by atoms with E-state index in [0.29, 0.717) is 19.6 Å². The van der Waals surface area contributed by atoms with Gasteiger partial charge in [-0.3, -0.25) is 4.79 Å². The lowest BCUT2D eigenvalue weighted by molar-refractivity contribution is -0.137. The monoisotopic (exact) mass is 276 g/mol. The Bertz CT molecular complexity index is 546. The van der Waals surface area contributed by atoms with Crippen LogP contribution in [0.4, 0.5) is 10.5 Å². The quantitative estimate of drug-likeness (QED) is 0.863. The molecule has 3 rings (SSSR count). The van der Waals surface area contributed by atoms with Crippen molar-refractivity contribution in [2.75, 3.05) is 24.5 Å². The normalized spacial score (nSPS) is 24.2. The molecule has 106 valence electrons. The molecular weight excluding hydrogens is 260 g/mol. The lowest BCUT2D eigenvalue weighted by atomic mass is 9.98. The molecule has 2 atom stereocenters. The van der Waals surface area contributed by atoms with Crippen LogP contribution in [0, 0.1) is 0 Å². The number of para-hydroxylation sites is 1. The highest BCUT2D eigenvalue weighted by Crippen LogP contribution is 2.38. The van der Waals surface area contributed by atoms with E-state index in [2.05, 4.69) is 10.2 Å². The number of hydrogen-bond acceptors (Lipinski definition) is 4. The summed E-state index contributed by atoms with van der Waals surface area (Å²) < 4.78 is 5.15. The van der Waals surface area contributed by atoms with E-state index in [1.807, 2.05) is 24.3 Å². The molecule has 1 saturated heterocycles. The summed E-state index contributed by atoms with van der Waals surface area (Å²) in [6.45, 7) is 1.74. The number of carboxylic acids is 1. The Morgan fingerprint density at radius 1 is 1.45 bits per heavy atom. The number of alkyl carbamates (subject to hydrolysis) is 1. The molecule has 2 heterocycles. The molecule has 0 bridgehead atoms. The van der Waals surface area contributed by atoms with Crippen molar-refractivity contribution in [3.63, 3.8) is 0 Å². The van der Waals surface area contributed by atoms with Crippen LogP contribution < -0.4 is 10.2 Å². The van der Waals surface area contributed by atoms with Crippen molar-refractivity contribution >= 4 is 17.7 Å². The molecule has 2 N–H and O–H groups in total. The molecule has 1 amide bonds. The van der Waals surface area contributed by atoms with E-state index in [-0.39, 0.29) is 24.5 Å². The fourth-order valence-electron chi connectivity index (χ4n) is 2.92. The van der Waals surface area contributed by atoms with Gasteiger partial charge in [0.2, 0.25) is 0 Å². The number of cyclic esters (lactones) is 1. The van der Waals surface area contributed by atoms with Gasteiger partial charge < -0.3 is 20.1 Å². The van der Waals surface area contributed by atoms with Gasteiger partial charge in [-0.2, -0.15) is 0 Å². The maximum absolute atomic E-state index is 11.1. The van der Waals surface area contributed by atoms with Crippen molar-refractivity contribution in [2.45, 2.75) is 18.4 Å². The maximum atomic E-state index is 11.1. The van der Waals surface area contributed by atoms with Gasteiger partial charge in [0.15, 0.2) is 0 Å². The number of anilines is 1. The third-order valence-electron chi connectivity index (χ3n) is 3.75. The summed E-state index contributed by atoms with van der Waals surface area (Å²) in [5.74, 6) is -0.797. The number of carboxylic acid groups (broad SMARTS) is 1. The molecule has 2 unspecified atom stereocenters. The third-order valence-corrected chi connectivity index (χ3v) is 3.75. The average molecular weight is 276 g/mol. The van der Waals surface area contributed by atoms with Crippen molar-refractivity contribution in [3.05, 3.63) is 29.8 Å². The summed E-state index contributed by atoms with van der Waals surface area (Å²) in [5, 5.41) is 11.6. The van der Waals surface area contributed by atoms with Crippen LogP contribution in [0.5, 0.6) is 0 Å². The lowest BCUT2D eigenvalue weighted by Crippen LogP contribution is -2.33. The van der Waals surface area contributed by atoms with Gasteiger partial charge in [-0.05, 0) is 11.6 Å². The van der Waals surface area contributed by atoms with Crippen molar-refractivity contribution in [1.29, 1.82) is 0 Å². The van der Waals surface area contributed by atoms with Crippen molar-refractivity contribution in [2.24, 2.45) is 0 Å². The first-order valence-corrected chi connectivity index (χ1v) is 6.63. The van der Waals surface area contributed by atoms with Gasteiger partial charge in [-0.15, -0.1) is 0 Å². The highest BCUT2D eigenvalue weighted by molar-refractivity contribution is 5.72. The number of nitrogens with one attached hydrogen (secondary N) is 1. The number of nitrogens with zero attached hydrogens (tertiary/aromatic N) is 1. The predicted molar refractivity (Wildman–Crippen MR) is 71.9 cm³/mol. The number of aliphatic carboxylic acids is 1. The molecule has 0 radical (unpaired) electrons. The zero-order valence-electron chi connectivity index (χ0n) is 10.9. The van der Waals surface area contributed by atoms with Gasteiger partial charge in [-0.25, -0.2) is 4.79 Å². The minimum absolute atomic E-state index is 0.00577. The second-order valence-electron chi connectivity index (χ2n) is 5.17. The Kier molecular flexibility index (Phi) is 3.22. The highest BCUT2D eigenvalue weighted by Gasteiger charge is 2.33. The minimum Gasteiger partial charge on any atom is -0.481 e. The number of carbonyl (C=O) groups excluding carboxylic acids is 1. The predicted octanol–water partition coefficient (Wildman–Crippen LogP) is 1.17. The van der Waals surface area contributed by atoms with E-state index in [9.17, 15) is 9.59 Å². The van der Waals surface area contributed by atoms with E-state index < -0.39 is 5.97 Å². The molecule has 0 saturated carbocycles. The third kappa shape index (κ3) is 2.41. The molecule has 0 aliphatic carbocycles. The molecule has 20 heavy (non-hydrogen) atoms. The first-order valence-electron chi connectivity index (χ1n) is 6.63. The van der Waals surface area contributed by atoms with Crippen LogP contribution >= 0.6 is 0 Å². The van der Waals surface area contributed by atoms with E-state index in [4.69, 9.17) is 9.84 Å². The zero-order chi connectivity index (χ0) is 14.1. The Hall–Kier alpha value is -2.24. The van der Waals surface area contributed by atoms with Gasteiger partial charge >= 0.3 is 12.1 Å². The van der Waals surface area contributed by atoms with E-state index in [1.165, 1.54) is 0 Å². The highest BCUT2D eigenvalue weighted by atomic mass is 16.6. The van der Waals surface area contributed by atoms with Crippen LogP contribution in [0.3, 0.4) is 0 Å². The smallest absolute Gasteiger partial charge is 0.407 e. The molecule has 0 spiro atoms. The number of fused-ring (bicyclic) bond motifs is 1. The van der Waals surface area contributed by atoms with Gasteiger partial charge in [-0.1, -0.05) is 18.2 Å². The summed E-state index contributed by atoms with van der Waals surface area (Å²) in [6, 6.07) is 7.82. The fourth-order valence-corrected chi connectivity index (χ4v) is 2.92. The molecular formula is C14H16N2O4. The van der Waals surface area contributed by atoms with Gasteiger partial charge in [0, 0.05) is 18.2 Å². The summed E-state index contributed by atoms with van der Waals surface area (Å²) in [5.41, 5.74) is 2.11. The largest absolute Gasteiger partial charge is 0.481 e. The number of rotatable bonds is 4. The van der Waals surface area contributed by atoms with Gasteiger partial charge in [0.05, 0.1) is 19.5 Å². The first-order chi connectivity index (χ1) is 9.63. The summed E-state index contributed by atoms with van der Waals surface area (Å²) >= 11 is 0.